The van der Waals surface area contributed by atoms with Gasteiger partial charge in [-0.15, -0.1) is 22.9 Å². The Hall–Kier alpha value is -3.15. The second-order valence-electron chi connectivity index (χ2n) is 10.1. The van der Waals surface area contributed by atoms with Gasteiger partial charge in [-0.1, -0.05) is 67.6 Å². The first kappa shape index (κ1) is 23.3. The average Bonchev–Trinajstić information content (AvgIpc) is 3.30. The molecule has 0 saturated heterocycles. The number of nitrogens with zero attached hydrogens (tertiary/aromatic N) is 1. The largest absolute Gasteiger partial charge is 0.497 e. The van der Waals surface area contributed by atoms with E-state index in [1.165, 1.54) is 33.6 Å². The lowest BCUT2D eigenvalue weighted by Gasteiger charge is -2.55. The molecule has 4 nitrogen and oxygen atoms in total. The number of ether oxygens (including phenoxy) is 1. The van der Waals surface area contributed by atoms with Crippen LogP contribution in [0.25, 0.3) is 0 Å². The van der Waals surface area contributed by atoms with Gasteiger partial charge in [-0.2, -0.15) is 0 Å². The second kappa shape index (κ2) is 8.75. The quantitative estimate of drug-likeness (QED) is 0.279. The number of hydrogen-bond acceptors (Lipinski definition) is 4. The van der Waals surface area contributed by atoms with Crippen LogP contribution in [0.15, 0.2) is 78.2 Å². The predicted octanol–water partition coefficient (Wildman–Crippen LogP) is 7.11. The highest BCUT2D eigenvalue weighted by Gasteiger charge is 2.57. The standard InChI is InChI=1S/C30H27ClN2O2S/c1-29(16-26(34)33-28-32-20(17-36-28)15-19-11-13-21(35-2)14-12-19)18-30(31)24-9-5-3-7-22(24)27(29)23-8-4-6-10-25(23)30/h3-14,17,27H,15-16,18H2,1-2H3,(H,32,33,34). The summed E-state index contributed by atoms with van der Waals surface area (Å²) in [5, 5.41) is 5.70. The lowest BCUT2D eigenvalue weighted by Crippen LogP contribution is -2.48. The summed E-state index contributed by atoms with van der Waals surface area (Å²) in [6.07, 6.45) is 1.80. The molecule has 36 heavy (non-hydrogen) atoms. The van der Waals surface area contributed by atoms with Crippen LogP contribution in [0.3, 0.4) is 0 Å². The Balaban J connectivity index is 1.22. The van der Waals surface area contributed by atoms with Gasteiger partial charge in [-0.3, -0.25) is 4.79 Å². The van der Waals surface area contributed by atoms with Crippen LogP contribution in [0.1, 0.15) is 59.2 Å². The van der Waals surface area contributed by atoms with E-state index in [1.54, 1.807) is 7.11 Å². The number of alkyl halides is 1. The number of aromatic nitrogens is 1. The van der Waals surface area contributed by atoms with Crippen molar-refractivity contribution in [2.45, 2.75) is 37.0 Å². The van der Waals surface area contributed by atoms with Gasteiger partial charge in [0.25, 0.3) is 0 Å². The van der Waals surface area contributed by atoms with Gasteiger partial charge in [0.1, 0.15) is 5.75 Å². The Kier molecular flexibility index (Phi) is 5.66. The Labute approximate surface area is 220 Å². The molecule has 1 atom stereocenters. The number of benzene rings is 3. The van der Waals surface area contributed by atoms with Crippen LogP contribution < -0.4 is 10.1 Å². The van der Waals surface area contributed by atoms with E-state index >= 15 is 0 Å². The highest BCUT2D eigenvalue weighted by Crippen LogP contribution is 2.66. The number of carbonyl (C=O) groups is 1. The molecular weight excluding hydrogens is 488 g/mol. The van der Waals surface area contributed by atoms with Gasteiger partial charge < -0.3 is 10.1 Å². The van der Waals surface area contributed by atoms with Crippen molar-refractivity contribution in [1.29, 1.82) is 0 Å². The van der Waals surface area contributed by atoms with Crippen LogP contribution in [0, 0.1) is 5.41 Å². The van der Waals surface area contributed by atoms with E-state index in [0.717, 1.165) is 17.0 Å². The Morgan fingerprint density at radius 1 is 1.06 bits per heavy atom. The number of halogens is 1. The molecule has 3 aliphatic rings. The third-order valence-corrected chi connectivity index (χ3v) is 9.00. The fourth-order valence-corrected chi connectivity index (χ4v) is 7.60. The Bertz CT molecular complexity index is 1400. The summed E-state index contributed by atoms with van der Waals surface area (Å²) in [6.45, 7) is 2.21. The summed E-state index contributed by atoms with van der Waals surface area (Å²) in [5.74, 6) is 0.933. The van der Waals surface area contributed by atoms with E-state index in [4.69, 9.17) is 16.3 Å². The van der Waals surface area contributed by atoms with Crippen molar-refractivity contribution in [2.75, 3.05) is 12.4 Å². The van der Waals surface area contributed by atoms with Crippen molar-refractivity contribution in [1.82, 2.24) is 4.98 Å². The number of thiazole rings is 1. The van der Waals surface area contributed by atoms with Gasteiger partial charge in [0.15, 0.2) is 5.13 Å². The molecule has 3 aromatic carbocycles. The molecule has 182 valence electrons. The molecule has 6 heteroatoms. The number of nitrogens with one attached hydrogen (secondary N) is 1. The lowest BCUT2D eigenvalue weighted by molar-refractivity contribution is -0.118. The lowest BCUT2D eigenvalue weighted by atomic mass is 9.51. The topological polar surface area (TPSA) is 51.2 Å². The molecule has 2 bridgehead atoms. The van der Waals surface area contributed by atoms with Gasteiger partial charge >= 0.3 is 0 Å². The first-order valence-electron chi connectivity index (χ1n) is 12.1. The second-order valence-corrected chi connectivity index (χ2v) is 11.6. The zero-order valence-corrected chi connectivity index (χ0v) is 21.8. The monoisotopic (exact) mass is 514 g/mol. The van der Waals surface area contributed by atoms with Crippen molar-refractivity contribution in [3.8, 4) is 5.75 Å². The van der Waals surface area contributed by atoms with E-state index in [1.807, 2.05) is 29.6 Å². The summed E-state index contributed by atoms with van der Waals surface area (Å²) in [7, 11) is 1.66. The van der Waals surface area contributed by atoms with Crippen molar-refractivity contribution in [2.24, 2.45) is 5.41 Å². The molecular formula is C30H27ClN2O2S. The number of rotatable bonds is 6. The minimum atomic E-state index is -0.621. The van der Waals surface area contributed by atoms with Gasteiger partial charge in [0.2, 0.25) is 5.91 Å². The highest BCUT2D eigenvalue weighted by molar-refractivity contribution is 7.13. The molecule has 1 N–H and O–H groups in total. The first-order valence-corrected chi connectivity index (χ1v) is 13.4. The molecule has 1 amide bonds. The summed E-state index contributed by atoms with van der Waals surface area (Å²) in [6, 6.07) is 24.9. The maximum absolute atomic E-state index is 13.3. The number of carbonyl (C=O) groups excluding carboxylic acids is 1. The summed E-state index contributed by atoms with van der Waals surface area (Å²) in [4.78, 5) is 17.4. The molecule has 7 rings (SSSR count). The number of fused-ring (bicyclic) bond motifs is 1. The van der Waals surface area contributed by atoms with Gasteiger partial charge in [-0.05, 0) is 51.8 Å². The molecule has 0 fully saturated rings. The summed E-state index contributed by atoms with van der Waals surface area (Å²) in [5.41, 5.74) is 6.61. The van der Waals surface area contributed by atoms with Crippen LogP contribution in [0.5, 0.6) is 5.75 Å². The summed E-state index contributed by atoms with van der Waals surface area (Å²) < 4.78 is 5.23. The molecule has 3 aliphatic carbocycles. The molecule has 0 radical (unpaired) electrons. The van der Waals surface area contributed by atoms with Crippen LogP contribution in [-0.2, 0) is 16.1 Å². The van der Waals surface area contributed by atoms with Crippen molar-refractivity contribution >= 4 is 34.0 Å². The van der Waals surface area contributed by atoms with E-state index in [2.05, 4.69) is 65.8 Å². The Morgan fingerprint density at radius 3 is 2.33 bits per heavy atom. The number of hydrogen-bond donors (Lipinski definition) is 1. The molecule has 1 aromatic heterocycles. The predicted molar refractivity (Wildman–Crippen MR) is 145 cm³/mol. The fraction of sp³-hybridized carbons (Fsp3) is 0.267. The maximum atomic E-state index is 13.3. The highest BCUT2D eigenvalue weighted by atomic mass is 35.5. The molecule has 4 aromatic rings. The third kappa shape index (κ3) is 3.82. The van der Waals surface area contributed by atoms with Crippen molar-refractivity contribution in [3.05, 3.63) is 112 Å². The van der Waals surface area contributed by atoms with Crippen molar-refractivity contribution < 1.29 is 9.53 Å². The molecule has 0 spiro atoms. The van der Waals surface area contributed by atoms with Crippen LogP contribution in [0.2, 0.25) is 0 Å². The number of anilines is 1. The van der Waals surface area contributed by atoms with E-state index in [-0.39, 0.29) is 17.2 Å². The zero-order valence-electron chi connectivity index (χ0n) is 20.3. The number of methoxy groups -OCH3 is 1. The normalized spacial score (nSPS) is 23.6. The number of amides is 1. The average molecular weight is 515 g/mol. The van der Waals surface area contributed by atoms with Gasteiger partial charge in [0, 0.05) is 24.1 Å². The SMILES string of the molecule is COc1ccc(Cc2csc(NC(=O)CC3(C)CC4(Cl)c5ccccc5C3c3ccccc34)n2)cc1. The van der Waals surface area contributed by atoms with E-state index < -0.39 is 4.87 Å². The Morgan fingerprint density at radius 2 is 1.69 bits per heavy atom. The molecule has 0 saturated carbocycles. The summed E-state index contributed by atoms with van der Waals surface area (Å²) >= 11 is 8.90. The third-order valence-electron chi connectivity index (χ3n) is 7.65. The van der Waals surface area contributed by atoms with Crippen LogP contribution >= 0.6 is 22.9 Å². The van der Waals surface area contributed by atoms with Crippen LogP contribution in [-0.4, -0.2) is 18.0 Å². The van der Waals surface area contributed by atoms with Gasteiger partial charge in [0.05, 0.1) is 17.7 Å². The fourth-order valence-electron chi connectivity index (χ4n) is 6.22. The van der Waals surface area contributed by atoms with Gasteiger partial charge in [-0.25, -0.2) is 4.98 Å². The van der Waals surface area contributed by atoms with E-state index in [0.29, 0.717) is 24.4 Å². The minimum absolute atomic E-state index is 0.0226. The minimum Gasteiger partial charge on any atom is -0.497 e. The van der Waals surface area contributed by atoms with Crippen molar-refractivity contribution in [3.63, 3.8) is 0 Å². The smallest absolute Gasteiger partial charge is 0.226 e. The zero-order chi connectivity index (χ0) is 24.9. The molecule has 1 unspecified atom stereocenters. The maximum Gasteiger partial charge on any atom is 0.226 e. The molecule has 0 aliphatic heterocycles. The van der Waals surface area contributed by atoms with Crippen LogP contribution in [0.4, 0.5) is 5.13 Å². The first-order chi connectivity index (χ1) is 17.4. The molecule has 1 heterocycles. The van der Waals surface area contributed by atoms with E-state index in [9.17, 15) is 4.79 Å².